The number of hydrogen-bond acceptors (Lipinski definition) is 3. The number of quaternary nitrogens is 1. The van der Waals surface area contributed by atoms with Gasteiger partial charge in [0.25, 0.3) is 0 Å². The molecule has 2 N–H and O–H groups in total. The SMILES string of the molecule is C[N+]1(C)CC(CC(=O)O)OC(CC(=O)O)C1. The van der Waals surface area contributed by atoms with E-state index in [9.17, 15) is 9.59 Å². The van der Waals surface area contributed by atoms with Gasteiger partial charge in [-0.05, 0) is 0 Å². The Kier molecular flexibility index (Phi) is 3.88. The van der Waals surface area contributed by atoms with Crippen molar-refractivity contribution in [3.05, 3.63) is 0 Å². The summed E-state index contributed by atoms with van der Waals surface area (Å²) in [4.78, 5) is 21.2. The molecule has 0 saturated carbocycles. The molecule has 6 heteroatoms. The van der Waals surface area contributed by atoms with Crippen molar-refractivity contribution in [3.63, 3.8) is 0 Å². The van der Waals surface area contributed by atoms with Crippen molar-refractivity contribution in [1.82, 2.24) is 0 Å². The van der Waals surface area contributed by atoms with Crippen LogP contribution in [0.15, 0.2) is 0 Å². The Labute approximate surface area is 94.0 Å². The van der Waals surface area contributed by atoms with E-state index in [1.807, 2.05) is 14.1 Å². The second-order valence-electron chi connectivity index (χ2n) is 4.88. The summed E-state index contributed by atoms with van der Waals surface area (Å²) in [5, 5.41) is 17.4. The maximum absolute atomic E-state index is 10.6. The van der Waals surface area contributed by atoms with E-state index in [1.165, 1.54) is 0 Å². The van der Waals surface area contributed by atoms with E-state index < -0.39 is 24.1 Å². The maximum Gasteiger partial charge on any atom is 0.306 e. The summed E-state index contributed by atoms with van der Waals surface area (Å²) in [5.74, 6) is -1.83. The highest BCUT2D eigenvalue weighted by Crippen LogP contribution is 2.19. The molecule has 1 fully saturated rings. The van der Waals surface area contributed by atoms with Gasteiger partial charge in [-0.1, -0.05) is 0 Å². The summed E-state index contributed by atoms with van der Waals surface area (Å²) < 4.78 is 6.06. The molecular formula is C10H18NO5+. The van der Waals surface area contributed by atoms with Gasteiger partial charge in [0.05, 0.1) is 26.9 Å². The second-order valence-corrected chi connectivity index (χ2v) is 4.88. The fourth-order valence-electron chi connectivity index (χ4n) is 2.15. The summed E-state index contributed by atoms with van der Waals surface area (Å²) in [6.45, 7) is 1.20. The molecule has 1 aliphatic heterocycles. The van der Waals surface area contributed by atoms with Crippen LogP contribution in [0, 0.1) is 0 Å². The van der Waals surface area contributed by atoms with Gasteiger partial charge in [0, 0.05) is 0 Å². The molecule has 0 radical (unpaired) electrons. The van der Waals surface area contributed by atoms with Crippen LogP contribution in [0.3, 0.4) is 0 Å². The quantitative estimate of drug-likeness (QED) is 0.655. The average molecular weight is 232 g/mol. The van der Waals surface area contributed by atoms with Crippen LogP contribution in [0.25, 0.3) is 0 Å². The number of aliphatic carboxylic acids is 2. The first-order valence-corrected chi connectivity index (χ1v) is 5.19. The lowest BCUT2D eigenvalue weighted by molar-refractivity contribution is -0.905. The van der Waals surface area contributed by atoms with Crippen LogP contribution in [-0.2, 0) is 14.3 Å². The number of hydrogen-bond donors (Lipinski definition) is 2. The van der Waals surface area contributed by atoms with Crippen LogP contribution in [-0.4, -0.2) is 66.0 Å². The van der Waals surface area contributed by atoms with Gasteiger partial charge in [0.2, 0.25) is 0 Å². The smallest absolute Gasteiger partial charge is 0.306 e. The predicted octanol–water partition coefficient (Wildman–Crippen LogP) is -0.220. The molecule has 1 saturated heterocycles. The number of carboxylic acid groups (broad SMARTS) is 2. The van der Waals surface area contributed by atoms with E-state index in [4.69, 9.17) is 14.9 Å². The first-order chi connectivity index (χ1) is 7.28. The molecule has 0 aromatic rings. The van der Waals surface area contributed by atoms with Gasteiger partial charge in [-0.25, -0.2) is 0 Å². The molecule has 0 bridgehead atoms. The van der Waals surface area contributed by atoms with Gasteiger partial charge in [0.15, 0.2) is 0 Å². The molecular weight excluding hydrogens is 214 g/mol. The number of carbonyl (C=O) groups is 2. The van der Waals surface area contributed by atoms with Crippen LogP contribution < -0.4 is 0 Å². The molecule has 16 heavy (non-hydrogen) atoms. The van der Waals surface area contributed by atoms with Crippen molar-refractivity contribution in [2.24, 2.45) is 0 Å². The van der Waals surface area contributed by atoms with E-state index in [0.717, 1.165) is 0 Å². The number of carboxylic acids is 2. The zero-order chi connectivity index (χ0) is 12.3. The van der Waals surface area contributed by atoms with E-state index in [2.05, 4.69) is 0 Å². The van der Waals surface area contributed by atoms with Crippen molar-refractivity contribution in [3.8, 4) is 0 Å². The van der Waals surface area contributed by atoms with Gasteiger partial charge in [-0.2, -0.15) is 0 Å². The molecule has 0 aliphatic carbocycles. The molecule has 1 rings (SSSR count). The van der Waals surface area contributed by atoms with Crippen LogP contribution >= 0.6 is 0 Å². The van der Waals surface area contributed by atoms with Gasteiger partial charge >= 0.3 is 11.9 Å². The molecule has 2 atom stereocenters. The highest BCUT2D eigenvalue weighted by molar-refractivity contribution is 5.68. The Morgan fingerprint density at radius 1 is 1.12 bits per heavy atom. The van der Waals surface area contributed by atoms with Crippen molar-refractivity contribution >= 4 is 11.9 Å². The van der Waals surface area contributed by atoms with Crippen LogP contribution in [0.2, 0.25) is 0 Å². The van der Waals surface area contributed by atoms with Gasteiger partial charge < -0.3 is 19.4 Å². The lowest BCUT2D eigenvalue weighted by atomic mass is 10.1. The number of nitrogens with zero attached hydrogens (tertiary/aromatic N) is 1. The topological polar surface area (TPSA) is 83.8 Å². The standard InChI is InChI=1S/C10H17NO5/c1-11(2)5-7(3-9(12)13)16-8(6-11)4-10(14)15/h7-8H,3-6H2,1-2H3,(H-,12,13,14,15)/p+1. The zero-order valence-electron chi connectivity index (χ0n) is 9.55. The molecule has 0 spiro atoms. The predicted molar refractivity (Wildman–Crippen MR) is 55.0 cm³/mol. The number of morpholine rings is 1. The summed E-state index contributed by atoms with van der Waals surface area (Å²) in [7, 11) is 3.90. The largest absolute Gasteiger partial charge is 0.481 e. The highest BCUT2D eigenvalue weighted by Gasteiger charge is 2.36. The monoisotopic (exact) mass is 232 g/mol. The minimum atomic E-state index is -0.916. The zero-order valence-corrected chi connectivity index (χ0v) is 9.55. The van der Waals surface area contributed by atoms with Crippen LogP contribution in [0.1, 0.15) is 12.8 Å². The summed E-state index contributed by atoms with van der Waals surface area (Å²) in [5.41, 5.74) is 0. The summed E-state index contributed by atoms with van der Waals surface area (Å²) in [6, 6.07) is 0. The number of likely N-dealkylation sites (N-methyl/N-ethyl adjacent to an activating group) is 1. The molecule has 92 valence electrons. The lowest BCUT2D eigenvalue weighted by Crippen LogP contribution is -2.57. The van der Waals surface area contributed by atoms with E-state index in [-0.39, 0.29) is 12.8 Å². The Balaban J connectivity index is 2.61. The third-order valence-electron chi connectivity index (χ3n) is 2.59. The first-order valence-electron chi connectivity index (χ1n) is 5.19. The Hall–Kier alpha value is -1.14. The second kappa shape index (κ2) is 4.80. The highest BCUT2D eigenvalue weighted by atomic mass is 16.5. The van der Waals surface area contributed by atoms with Gasteiger partial charge in [-0.15, -0.1) is 0 Å². The molecule has 0 amide bonds. The minimum Gasteiger partial charge on any atom is -0.481 e. The van der Waals surface area contributed by atoms with Crippen molar-refractivity contribution in [1.29, 1.82) is 0 Å². The fourth-order valence-corrected chi connectivity index (χ4v) is 2.15. The van der Waals surface area contributed by atoms with Crippen molar-refractivity contribution < 1.29 is 29.0 Å². The molecule has 6 nitrogen and oxygen atoms in total. The first kappa shape index (κ1) is 12.9. The summed E-state index contributed by atoms with van der Waals surface area (Å²) in [6.07, 6.45) is -0.938. The van der Waals surface area contributed by atoms with Crippen molar-refractivity contribution in [2.45, 2.75) is 25.0 Å². The maximum atomic E-state index is 10.6. The van der Waals surface area contributed by atoms with Crippen molar-refractivity contribution in [2.75, 3.05) is 27.2 Å². The summed E-state index contributed by atoms with van der Waals surface area (Å²) >= 11 is 0. The normalized spacial score (nSPS) is 28.6. The minimum absolute atomic E-state index is 0.0716. The van der Waals surface area contributed by atoms with Gasteiger partial charge in [-0.3, -0.25) is 9.59 Å². The molecule has 0 aromatic carbocycles. The Morgan fingerprint density at radius 2 is 1.50 bits per heavy atom. The third-order valence-corrected chi connectivity index (χ3v) is 2.59. The Morgan fingerprint density at radius 3 is 1.81 bits per heavy atom. The van der Waals surface area contributed by atoms with Gasteiger partial charge in [0.1, 0.15) is 25.3 Å². The van der Waals surface area contributed by atoms with E-state index in [0.29, 0.717) is 17.6 Å². The van der Waals surface area contributed by atoms with Crippen LogP contribution in [0.4, 0.5) is 0 Å². The van der Waals surface area contributed by atoms with E-state index >= 15 is 0 Å². The third kappa shape index (κ3) is 4.16. The van der Waals surface area contributed by atoms with Crippen LogP contribution in [0.5, 0.6) is 0 Å². The lowest BCUT2D eigenvalue weighted by Gasteiger charge is -2.41. The molecule has 1 aliphatic rings. The fraction of sp³-hybridized carbons (Fsp3) is 0.800. The average Bonchev–Trinajstić information content (AvgIpc) is 1.95. The molecule has 1 heterocycles. The number of ether oxygens (including phenoxy) is 1. The Bertz CT molecular complexity index is 263. The van der Waals surface area contributed by atoms with E-state index in [1.54, 1.807) is 0 Å². The molecule has 2 unspecified atom stereocenters. The number of rotatable bonds is 4. The molecule has 0 aromatic heterocycles.